The molecule has 4 heteroatoms. The van der Waals surface area contributed by atoms with E-state index < -0.39 is 10.1 Å². The average Bonchev–Trinajstić information content (AvgIpc) is 1.49. The minimum absolute atomic E-state index is 0.0139. The van der Waals surface area contributed by atoms with E-state index in [2.05, 4.69) is 0 Å². The van der Waals surface area contributed by atoms with E-state index in [1.165, 1.54) is 0 Å². The molecule has 3 nitrogen and oxygen atoms in total. The molecule has 12 heavy (non-hydrogen) atoms. The number of hydrogen-bond acceptors (Lipinski definition) is 2. The Morgan fingerprint density at radius 2 is 1.75 bits per heavy atom. The summed E-state index contributed by atoms with van der Waals surface area (Å²) < 4.78 is 29.5. The van der Waals surface area contributed by atoms with Crippen LogP contribution in [0.15, 0.2) is 0 Å². The maximum Gasteiger partial charge on any atom is 0.265 e. The van der Waals surface area contributed by atoms with E-state index in [-0.39, 0.29) is 17.1 Å². The average molecular weight is 194 g/mol. The van der Waals surface area contributed by atoms with Gasteiger partial charge >= 0.3 is 0 Å². The predicted octanol–water partition coefficient (Wildman–Crippen LogP) is 1.95. The van der Waals surface area contributed by atoms with E-state index in [1.807, 2.05) is 27.7 Å². The molecule has 0 aliphatic carbocycles. The van der Waals surface area contributed by atoms with Crippen molar-refractivity contribution in [2.75, 3.05) is 5.75 Å². The van der Waals surface area contributed by atoms with Gasteiger partial charge in [0.15, 0.2) is 0 Å². The summed E-state index contributed by atoms with van der Waals surface area (Å²) in [6.07, 6.45) is 0.798. The van der Waals surface area contributed by atoms with Crippen LogP contribution in [-0.4, -0.2) is 18.7 Å². The lowest BCUT2D eigenvalue weighted by Crippen LogP contribution is -2.18. The van der Waals surface area contributed by atoms with E-state index in [9.17, 15) is 8.42 Å². The second-order valence-electron chi connectivity index (χ2n) is 4.62. The van der Waals surface area contributed by atoms with Gasteiger partial charge in [-0.25, -0.2) is 0 Å². The lowest BCUT2D eigenvalue weighted by atomic mass is 9.86. The van der Waals surface area contributed by atoms with E-state index >= 15 is 0 Å². The van der Waals surface area contributed by atoms with Gasteiger partial charge in [-0.05, 0) is 17.8 Å². The molecule has 0 bridgehead atoms. The maximum atomic E-state index is 10.5. The highest BCUT2D eigenvalue weighted by Crippen LogP contribution is 2.24. The summed E-state index contributed by atoms with van der Waals surface area (Å²) in [5, 5.41) is 0. The van der Waals surface area contributed by atoms with Crippen molar-refractivity contribution in [1.29, 1.82) is 0 Å². The molecule has 1 atom stereocenters. The molecule has 0 aliphatic rings. The van der Waals surface area contributed by atoms with Gasteiger partial charge in [0.05, 0.1) is 5.75 Å². The van der Waals surface area contributed by atoms with Crippen LogP contribution in [0.3, 0.4) is 0 Å². The van der Waals surface area contributed by atoms with Crippen molar-refractivity contribution in [2.24, 2.45) is 11.3 Å². The fourth-order valence-corrected chi connectivity index (χ4v) is 2.30. The molecular weight excluding hydrogens is 176 g/mol. The van der Waals surface area contributed by atoms with Gasteiger partial charge in [-0.3, -0.25) is 4.55 Å². The zero-order valence-electron chi connectivity index (χ0n) is 8.16. The molecule has 0 rings (SSSR count). The number of rotatable bonds is 3. The summed E-state index contributed by atoms with van der Waals surface area (Å²) >= 11 is 0. The van der Waals surface area contributed by atoms with Crippen molar-refractivity contribution in [3.8, 4) is 0 Å². The zero-order valence-corrected chi connectivity index (χ0v) is 8.98. The lowest BCUT2D eigenvalue weighted by molar-refractivity contribution is 0.318. The molecule has 0 spiro atoms. The maximum absolute atomic E-state index is 10.5. The van der Waals surface area contributed by atoms with Crippen LogP contribution in [0, 0.1) is 11.3 Å². The van der Waals surface area contributed by atoms with Crippen molar-refractivity contribution < 1.29 is 13.0 Å². The van der Waals surface area contributed by atoms with Gasteiger partial charge in [0.1, 0.15) is 0 Å². The molecule has 0 radical (unpaired) electrons. The Morgan fingerprint density at radius 1 is 1.33 bits per heavy atom. The summed E-state index contributed by atoms with van der Waals surface area (Å²) in [6, 6.07) is 0. The standard InChI is InChI=1S/C8H18O3S/c1-7(5-8(2,3)4)6-12(9,10)11/h7H,5-6H2,1-4H3,(H,9,10,11). The third-order valence-electron chi connectivity index (χ3n) is 1.46. The molecule has 0 aromatic heterocycles. The molecule has 0 aromatic rings. The summed E-state index contributed by atoms with van der Waals surface area (Å²) in [5.74, 6) is -0.121. The molecule has 74 valence electrons. The molecule has 0 saturated heterocycles. The highest BCUT2D eigenvalue weighted by atomic mass is 32.2. The molecule has 1 N–H and O–H groups in total. The van der Waals surface area contributed by atoms with Crippen molar-refractivity contribution in [3.63, 3.8) is 0 Å². The first-order valence-electron chi connectivity index (χ1n) is 4.05. The third-order valence-corrected chi connectivity index (χ3v) is 2.45. The summed E-state index contributed by atoms with van der Waals surface area (Å²) in [4.78, 5) is 0. The number of hydrogen-bond donors (Lipinski definition) is 1. The van der Waals surface area contributed by atoms with Crippen LogP contribution >= 0.6 is 0 Å². The first kappa shape index (κ1) is 11.9. The van der Waals surface area contributed by atoms with Crippen LogP contribution in [0.25, 0.3) is 0 Å². The Kier molecular flexibility index (Phi) is 3.72. The minimum Gasteiger partial charge on any atom is -0.286 e. The molecule has 0 fully saturated rings. The fraction of sp³-hybridized carbons (Fsp3) is 1.00. The van der Waals surface area contributed by atoms with Crippen molar-refractivity contribution >= 4 is 10.1 Å². The zero-order chi connectivity index (χ0) is 9.99. The normalized spacial score (nSPS) is 16.1. The Morgan fingerprint density at radius 3 is 2.00 bits per heavy atom. The van der Waals surface area contributed by atoms with Crippen molar-refractivity contribution in [1.82, 2.24) is 0 Å². The van der Waals surface area contributed by atoms with Gasteiger partial charge in [-0.1, -0.05) is 27.7 Å². The van der Waals surface area contributed by atoms with Gasteiger partial charge in [-0.2, -0.15) is 8.42 Å². The van der Waals surface area contributed by atoms with Gasteiger partial charge in [0, 0.05) is 0 Å². The van der Waals surface area contributed by atoms with E-state index in [1.54, 1.807) is 0 Å². The van der Waals surface area contributed by atoms with E-state index in [4.69, 9.17) is 4.55 Å². The van der Waals surface area contributed by atoms with Gasteiger partial charge < -0.3 is 0 Å². The Labute approximate surface area is 74.9 Å². The van der Waals surface area contributed by atoms with Gasteiger partial charge in [0.25, 0.3) is 10.1 Å². The van der Waals surface area contributed by atoms with E-state index in [0.717, 1.165) is 6.42 Å². The third kappa shape index (κ3) is 8.01. The van der Waals surface area contributed by atoms with Crippen molar-refractivity contribution in [2.45, 2.75) is 34.1 Å². The highest BCUT2D eigenvalue weighted by Gasteiger charge is 2.19. The highest BCUT2D eigenvalue weighted by molar-refractivity contribution is 7.85. The predicted molar refractivity (Wildman–Crippen MR) is 49.7 cm³/mol. The van der Waals surface area contributed by atoms with Crippen molar-refractivity contribution in [3.05, 3.63) is 0 Å². The van der Waals surface area contributed by atoms with Crippen LogP contribution in [0.1, 0.15) is 34.1 Å². The molecule has 0 saturated carbocycles. The second kappa shape index (κ2) is 3.75. The van der Waals surface area contributed by atoms with Crippen LogP contribution in [0.5, 0.6) is 0 Å². The van der Waals surface area contributed by atoms with Gasteiger partial charge in [0.2, 0.25) is 0 Å². The van der Waals surface area contributed by atoms with E-state index in [0.29, 0.717) is 0 Å². The van der Waals surface area contributed by atoms with Crippen LogP contribution in [-0.2, 0) is 10.1 Å². The Hall–Kier alpha value is -0.0900. The first-order chi connectivity index (χ1) is 5.10. The SMILES string of the molecule is CC(CC(C)(C)C)CS(=O)(=O)O. The first-order valence-corrected chi connectivity index (χ1v) is 5.66. The second-order valence-corrected chi connectivity index (χ2v) is 6.12. The molecule has 0 aliphatic heterocycles. The Bertz CT molecular complexity index is 223. The molecule has 1 unspecified atom stereocenters. The topological polar surface area (TPSA) is 54.4 Å². The molecule has 0 heterocycles. The monoisotopic (exact) mass is 194 g/mol. The smallest absolute Gasteiger partial charge is 0.265 e. The lowest BCUT2D eigenvalue weighted by Gasteiger charge is -2.22. The fourth-order valence-electron chi connectivity index (χ4n) is 1.46. The van der Waals surface area contributed by atoms with Gasteiger partial charge in [-0.15, -0.1) is 0 Å². The molecule has 0 aromatic carbocycles. The molecule has 0 amide bonds. The quantitative estimate of drug-likeness (QED) is 0.699. The minimum atomic E-state index is -3.80. The van der Waals surface area contributed by atoms with Crippen LogP contribution in [0.2, 0.25) is 0 Å². The molecular formula is C8H18O3S. The van der Waals surface area contributed by atoms with Crippen LogP contribution in [0.4, 0.5) is 0 Å². The summed E-state index contributed by atoms with van der Waals surface area (Å²) in [5.41, 5.74) is 0.115. The summed E-state index contributed by atoms with van der Waals surface area (Å²) in [7, 11) is -3.80. The Balaban J connectivity index is 4.00. The van der Waals surface area contributed by atoms with Crippen LogP contribution < -0.4 is 0 Å². The largest absolute Gasteiger partial charge is 0.286 e. The summed E-state index contributed by atoms with van der Waals surface area (Å²) in [6.45, 7) is 7.98.